The molecule has 1 aliphatic heterocycles. The summed E-state index contributed by atoms with van der Waals surface area (Å²) in [5.41, 5.74) is 2.53. The second-order valence-corrected chi connectivity index (χ2v) is 7.90. The standard InChI is InChI=1S/C23H22N6O3/c1-15(30)16-8-10-17(11-9-16)24-20(31)14-28-23(32)29-19-7-3-2-6-18(19)25-21(22(29)26-28)27-12-4-5-13-27/h2-3,6-11H,4-5,12-14H2,1H3,(H,24,31). The number of rotatable bonds is 5. The maximum atomic E-state index is 13.2. The zero-order chi connectivity index (χ0) is 22.2. The fourth-order valence-corrected chi connectivity index (χ4v) is 4.05. The molecule has 1 fully saturated rings. The highest BCUT2D eigenvalue weighted by Crippen LogP contribution is 2.25. The lowest BCUT2D eigenvalue weighted by molar-refractivity contribution is -0.117. The number of amides is 1. The first kappa shape index (κ1) is 19.9. The zero-order valence-electron chi connectivity index (χ0n) is 17.6. The molecule has 0 aliphatic carbocycles. The van der Waals surface area contributed by atoms with Crippen molar-refractivity contribution < 1.29 is 9.59 Å². The van der Waals surface area contributed by atoms with Crippen molar-refractivity contribution in [1.82, 2.24) is 19.2 Å². The number of para-hydroxylation sites is 2. The number of hydrogen-bond acceptors (Lipinski definition) is 6. The summed E-state index contributed by atoms with van der Waals surface area (Å²) >= 11 is 0. The molecule has 0 bridgehead atoms. The molecule has 2 aromatic heterocycles. The van der Waals surface area contributed by atoms with Gasteiger partial charge < -0.3 is 10.2 Å². The van der Waals surface area contributed by atoms with Gasteiger partial charge in [-0.2, -0.15) is 0 Å². The van der Waals surface area contributed by atoms with E-state index in [1.807, 2.05) is 24.3 Å². The third-order valence-corrected chi connectivity index (χ3v) is 5.66. The van der Waals surface area contributed by atoms with Gasteiger partial charge in [0, 0.05) is 24.3 Å². The number of anilines is 2. The Bertz CT molecular complexity index is 1400. The summed E-state index contributed by atoms with van der Waals surface area (Å²) in [4.78, 5) is 44.2. The second kappa shape index (κ2) is 7.92. The van der Waals surface area contributed by atoms with Crippen molar-refractivity contribution in [3.8, 4) is 0 Å². The minimum Gasteiger partial charge on any atom is -0.353 e. The van der Waals surface area contributed by atoms with Gasteiger partial charge in [0.05, 0.1) is 11.0 Å². The van der Waals surface area contributed by atoms with E-state index in [2.05, 4.69) is 15.3 Å². The summed E-state index contributed by atoms with van der Waals surface area (Å²) in [6.45, 7) is 2.97. The van der Waals surface area contributed by atoms with Crippen LogP contribution in [0.25, 0.3) is 16.7 Å². The number of Topliss-reactive ketones (excluding diaryl/α,β-unsaturated/α-hetero) is 1. The van der Waals surface area contributed by atoms with Crippen LogP contribution in [0.4, 0.5) is 11.5 Å². The zero-order valence-corrected chi connectivity index (χ0v) is 17.6. The largest absolute Gasteiger partial charge is 0.353 e. The number of ketones is 1. The Kier molecular flexibility index (Phi) is 4.93. The fraction of sp³-hybridized carbons (Fsp3) is 0.261. The van der Waals surface area contributed by atoms with Crippen LogP contribution in [-0.2, 0) is 11.3 Å². The van der Waals surface area contributed by atoms with Gasteiger partial charge in [-0.15, -0.1) is 5.10 Å². The van der Waals surface area contributed by atoms with E-state index in [-0.39, 0.29) is 23.9 Å². The topological polar surface area (TPSA) is 102 Å². The van der Waals surface area contributed by atoms with Crippen molar-refractivity contribution in [2.75, 3.05) is 23.3 Å². The highest BCUT2D eigenvalue weighted by atomic mass is 16.2. The van der Waals surface area contributed by atoms with E-state index in [0.29, 0.717) is 33.7 Å². The van der Waals surface area contributed by atoms with E-state index >= 15 is 0 Å². The van der Waals surface area contributed by atoms with E-state index in [0.717, 1.165) is 25.9 Å². The van der Waals surface area contributed by atoms with Crippen LogP contribution in [0.3, 0.4) is 0 Å². The Morgan fingerprint density at radius 1 is 1.03 bits per heavy atom. The van der Waals surface area contributed by atoms with Gasteiger partial charge in [0.2, 0.25) is 11.6 Å². The van der Waals surface area contributed by atoms with Crippen LogP contribution in [0, 0.1) is 0 Å². The van der Waals surface area contributed by atoms with Crippen molar-refractivity contribution in [3.63, 3.8) is 0 Å². The third kappa shape index (κ3) is 3.51. The number of carbonyl (C=O) groups excluding carboxylic acids is 2. The van der Waals surface area contributed by atoms with Gasteiger partial charge in [-0.05, 0) is 56.2 Å². The van der Waals surface area contributed by atoms with E-state index in [1.54, 1.807) is 24.3 Å². The predicted molar refractivity (Wildman–Crippen MR) is 121 cm³/mol. The van der Waals surface area contributed by atoms with E-state index in [9.17, 15) is 14.4 Å². The average molecular weight is 430 g/mol. The first-order valence-electron chi connectivity index (χ1n) is 10.6. The molecule has 9 nitrogen and oxygen atoms in total. The van der Waals surface area contributed by atoms with Crippen LogP contribution in [0.5, 0.6) is 0 Å². The summed E-state index contributed by atoms with van der Waals surface area (Å²) in [6, 6.07) is 14.0. The van der Waals surface area contributed by atoms with E-state index in [4.69, 9.17) is 4.98 Å². The monoisotopic (exact) mass is 430 g/mol. The predicted octanol–water partition coefficient (Wildman–Crippen LogP) is 2.49. The maximum Gasteiger partial charge on any atom is 0.351 e. The van der Waals surface area contributed by atoms with Gasteiger partial charge in [-0.1, -0.05) is 12.1 Å². The smallest absolute Gasteiger partial charge is 0.351 e. The first-order chi connectivity index (χ1) is 15.5. The third-order valence-electron chi connectivity index (χ3n) is 5.66. The van der Waals surface area contributed by atoms with Gasteiger partial charge in [0.25, 0.3) is 0 Å². The number of carbonyl (C=O) groups is 2. The number of fused-ring (bicyclic) bond motifs is 3. The van der Waals surface area contributed by atoms with Crippen LogP contribution in [0.2, 0.25) is 0 Å². The highest BCUT2D eigenvalue weighted by Gasteiger charge is 2.23. The molecular weight excluding hydrogens is 408 g/mol. The quantitative estimate of drug-likeness (QED) is 0.488. The van der Waals surface area contributed by atoms with Crippen LogP contribution >= 0.6 is 0 Å². The first-order valence-corrected chi connectivity index (χ1v) is 10.6. The summed E-state index contributed by atoms with van der Waals surface area (Å²) in [6.07, 6.45) is 2.13. The molecule has 1 N–H and O–H groups in total. The van der Waals surface area contributed by atoms with E-state index in [1.165, 1.54) is 16.0 Å². The highest BCUT2D eigenvalue weighted by molar-refractivity contribution is 5.95. The summed E-state index contributed by atoms with van der Waals surface area (Å²) in [7, 11) is 0. The molecule has 1 saturated heterocycles. The van der Waals surface area contributed by atoms with Crippen LogP contribution in [0.15, 0.2) is 53.3 Å². The Morgan fingerprint density at radius 3 is 2.47 bits per heavy atom. The normalized spacial score (nSPS) is 13.7. The molecule has 1 aliphatic rings. The van der Waals surface area contributed by atoms with Gasteiger partial charge in [0.1, 0.15) is 6.54 Å². The second-order valence-electron chi connectivity index (χ2n) is 7.90. The summed E-state index contributed by atoms with van der Waals surface area (Å²) in [5.74, 6) is 0.233. The SMILES string of the molecule is CC(=O)c1ccc(NC(=O)Cn2nc3c(N4CCCC4)nc4ccccc4n3c2=O)cc1. The molecule has 0 spiro atoms. The molecule has 0 unspecified atom stereocenters. The Morgan fingerprint density at radius 2 is 1.75 bits per heavy atom. The Hall–Kier alpha value is -4.01. The van der Waals surface area contributed by atoms with Crippen molar-refractivity contribution >= 4 is 39.9 Å². The van der Waals surface area contributed by atoms with Gasteiger partial charge in [0.15, 0.2) is 11.6 Å². The van der Waals surface area contributed by atoms with Crippen LogP contribution < -0.4 is 15.9 Å². The molecular formula is C23H22N6O3. The lowest BCUT2D eigenvalue weighted by Gasteiger charge is -2.17. The molecule has 0 radical (unpaired) electrons. The molecule has 9 heteroatoms. The number of benzene rings is 2. The number of nitrogens with zero attached hydrogens (tertiary/aromatic N) is 5. The van der Waals surface area contributed by atoms with Gasteiger partial charge >= 0.3 is 5.69 Å². The number of hydrogen-bond donors (Lipinski definition) is 1. The van der Waals surface area contributed by atoms with Gasteiger partial charge in [-0.3, -0.25) is 9.59 Å². The number of nitrogens with one attached hydrogen (secondary N) is 1. The lowest BCUT2D eigenvalue weighted by atomic mass is 10.1. The van der Waals surface area contributed by atoms with Crippen molar-refractivity contribution in [3.05, 3.63) is 64.6 Å². The minimum atomic E-state index is -0.388. The minimum absolute atomic E-state index is 0.0474. The van der Waals surface area contributed by atoms with Gasteiger partial charge in [-0.25, -0.2) is 18.9 Å². The Balaban J connectivity index is 1.50. The maximum absolute atomic E-state index is 13.2. The van der Waals surface area contributed by atoms with Crippen molar-refractivity contribution in [1.29, 1.82) is 0 Å². The Labute approximate surface area is 183 Å². The molecule has 4 aromatic rings. The molecule has 5 rings (SSSR count). The van der Waals surface area contributed by atoms with E-state index < -0.39 is 0 Å². The van der Waals surface area contributed by atoms with Crippen molar-refractivity contribution in [2.24, 2.45) is 0 Å². The van der Waals surface area contributed by atoms with Crippen LogP contribution in [0.1, 0.15) is 30.1 Å². The molecule has 3 heterocycles. The molecule has 0 saturated carbocycles. The molecule has 0 atom stereocenters. The molecule has 32 heavy (non-hydrogen) atoms. The van der Waals surface area contributed by atoms with Crippen molar-refractivity contribution in [2.45, 2.75) is 26.3 Å². The average Bonchev–Trinajstić information content (AvgIpc) is 3.43. The number of aromatic nitrogens is 4. The molecule has 162 valence electrons. The summed E-state index contributed by atoms with van der Waals surface area (Å²) < 4.78 is 2.70. The molecule has 2 aromatic carbocycles. The summed E-state index contributed by atoms with van der Waals surface area (Å²) in [5, 5.41) is 7.23. The molecule has 1 amide bonds. The fourth-order valence-electron chi connectivity index (χ4n) is 4.05. The lowest BCUT2D eigenvalue weighted by Crippen LogP contribution is -2.28. The van der Waals surface area contributed by atoms with Crippen LogP contribution in [-0.4, -0.2) is 43.9 Å².